The van der Waals surface area contributed by atoms with E-state index >= 15 is 0 Å². The number of hydrogen-bond donors (Lipinski definition) is 2. The van der Waals surface area contributed by atoms with Crippen molar-refractivity contribution >= 4 is 10.0 Å². The lowest BCUT2D eigenvalue weighted by Crippen LogP contribution is -2.40. The molecule has 0 saturated heterocycles. The van der Waals surface area contributed by atoms with Gasteiger partial charge in [-0.25, -0.2) is 13.1 Å². The Morgan fingerprint density at radius 2 is 1.81 bits per heavy atom. The zero-order valence-electron chi connectivity index (χ0n) is 10.9. The van der Waals surface area contributed by atoms with E-state index in [0.29, 0.717) is 6.54 Å². The normalized spacial score (nSPS) is 16.0. The van der Waals surface area contributed by atoms with Gasteiger partial charge in [-0.3, -0.25) is 0 Å². The van der Waals surface area contributed by atoms with Crippen molar-refractivity contribution in [3.63, 3.8) is 0 Å². The molecule has 1 unspecified atom stereocenters. The summed E-state index contributed by atoms with van der Waals surface area (Å²) in [5.74, 6) is 0.469. The van der Waals surface area contributed by atoms with Crippen LogP contribution in [-0.2, 0) is 10.0 Å². The molecule has 2 atom stereocenters. The highest BCUT2D eigenvalue weighted by Crippen LogP contribution is 2.07. The van der Waals surface area contributed by atoms with E-state index in [4.69, 9.17) is 0 Å². The van der Waals surface area contributed by atoms with Crippen LogP contribution in [0.2, 0.25) is 0 Å². The van der Waals surface area contributed by atoms with E-state index in [0.717, 1.165) is 19.4 Å². The lowest BCUT2D eigenvalue weighted by Gasteiger charge is -2.15. The van der Waals surface area contributed by atoms with Gasteiger partial charge in [-0.2, -0.15) is 0 Å². The average Bonchev–Trinajstić information content (AvgIpc) is 2.15. The third-order valence-corrected chi connectivity index (χ3v) is 4.06. The summed E-state index contributed by atoms with van der Waals surface area (Å²) in [6.07, 6.45) is 1.99. The molecule has 0 aromatic carbocycles. The van der Waals surface area contributed by atoms with Crippen LogP contribution in [0, 0.1) is 5.92 Å². The van der Waals surface area contributed by atoms with Gasteiger partial charge in [0.15, 0.2) is 0 Å². The van der Waals surface area contributed by atoms with Crippen LogP contribution in [0.5, 0.6) is 0 Å². The molecule has 0 radical (unpaired) electrons. The molecule has 0 aliphatic carbocycles. The Labute approximate surface area is 100 Å². The molecule has 0 aliphatic rings. The predicted octanol–water partition coefficient (Wildman–Crippen LogP) is 1.34. The van der Waals surface area contributed by atoms with Crippen LogP contribution in [0.1, 0.15) is 40.5 Å². The Morgan fingerprint density at radius 1 is 1.19 bits per heavy atom. The SMILES string of the molecule is CCCC(C)CS(=O)(=O)NC[C@@H](C)NCC. The van der Waals surface area contributed by atoms with E-state index in [1.54, 1.807) is 0 Å². The van der Waals surface area contributed by atoms with Crippen molar-refractivity contribution in [2.24, 2.45) is 5.92 Å². The van der Waals surface area contributed by atoms with Gasteiger partial charge in [0.25, 0.3) is 0 Å². The zero-order valence-corrected chi connectivity index (χ0v) is 11.7. The lowest BCUT2D eigenvalue weighted by molar-refractivity contribution is 0.517. The third-order valence-electron chi connectivity index (χ3n) is 2.45. The molecule has 0 amide bonds. The first-order chi connectivity index (χ1) is 7.41. The lowest BCUT2D eigenvalue weighted by atomic mass is 10.1. The van der Waals surface area contributed by atoms with E-state index in [1.165, 1.54) is 0 Å². The van der Waals surface area contributed by atoms with Crippen molar-refractivity contribution in [1.29, 1.82) is 0 Å². The van der Waals surface area contributed by atoms with Crippen LogP contribution in [-0.4, -0.2) is 33.3 Å². The summed E-state index contributed by atoms with van der Waals surface area (Å²) in [6, 6.07) is 0.182. The van der Waals surface area contributed by atoms with Crippen molar-refractivity contribution in [2.75, 3.05) is 18.8 Å². The minimum absolute atomic E-state index is 0.182. The van der Waals surface area contributed by atoms with Crippen molar-refractivity contribution < 1.29 is 8.42 Å². The molecule has 0 bridgehead atoms. The fourth-order valence-electron chi connectivity index (χ4n) is 1.68. The van der Waals surface area contributed by atoms with Crippen LogP contribution in [0.15, 0.2) is 0 Å². The van der Waals surface area contributed by atoms with Crippen molar-refractivity contribution in [1.82, 2.24) is 10.0 Å². The van der Waals surface area contributed by atoms with E-state index in [1.807, 2.05) is 20.8 Å². The smallest absolute Gasteiger partial charge is 0.211 e. The van der Waals surface area contributed by atoms with Gasteiger partial charge in [0, 0.05) is 12.6 Å². The van der Waals surface area contributed by atoms with Crippen molar-refractivity contribution in [3.8, 4) is 0 Å². The molecule has 0 heterocycles. The largest absolute Gasteiger partial charge is 0.313 e. The maximum atomic E-state index is 11.7. The molecule has 0 aliphatic heterocycles. The molecule has 2 N–H and O–H groups in total. The molecular weight excluding hydrogens is 224 g/mol. The van der Waals surface area contributed by atoms with E-state index in [-0.39, 0.29) is 17.7 Å². The number of nitrogens with one attached hydrogen (secondary N) is 2. The molecule has 0 aromatic rings. The summed E-state index contributed by atoms with van der Waals surface area (Å²) in [7, 11) is -3.11. The van der Waals surface area contributed by atoms with E-state index < -0.39 is 10.0 Å². The molecule has 4 nitrogen and oxygen atoms in total. The first kappa shape index (κ1) is 15.9. The maximum Gasteiger partial charge on any atom is 0.211 e. The van der Waals surface area contributed by atoms with Gasteiger partial charge < -0.3 is 5.32 Å². The van der Waals surface area contributed by atoms with Crippen LogP contribution in [0.4, 0.5) is 0 Å². The van der Waals surface area contributed by atoms with E-state index in [2.05, 4.69) is 17.0 Å². The number of rotatable bonds is 9. The third kappa shape index (κ3) is 8.07. The topological polar surface area (TPSA) is 58.2 Å². The Balaban J connectivity index is 3.96. The van der Waals surface area contributed by atoms with Crippen LogP contribution in [0.3, 0.4) is 0 Å². The molecule has 0 rings (SSSR count). The molecule has 0 aromatic heterocycles. The summed E-state index contributed by atoms with van der Waals surface area (Å²) in [6.45, 7) is 9.36. The van der Waals surface area contributed by atoms with Gasteiger partial charge in [0.1, 0.15) is 0 Å². The highest BCUT2D eigenvalue weighted by Gasteiger charge is 2.15. The summed E-state index contributed by atoms with van der Waals surface area (Å²) < 4.78 is 26.0. The van der Waals surface area contributed by atoms with Crippen LogP contribution >= 0.6 is 0 Å². The number of hydrogen-bond acceptors (Lipinski definition) is 3. The Bertz CT molecular complexity index is 265. The summed E-state index contributed by atoms with van der Waals surface area (Å²) >= 11 is 0. The Kier molecular flexibility index (Phi) is 7.97. The standard InChI is InChI=1S/C11H26N2O2S/c1-5-7-10(3)9-16(14,15)13-8-11(4)12-6-2/h10-13H,5-9H2,1-4H3/t10?,11-/m1/s1. The first-order valence-electron chi connectivity index (χ1n) is 6.12. The van der Waals surface area contributed by atoms with Gasteiger partial charge in [0.05, 0.1) is 5.75 Å². The predicted molar refractivity (Wildman–Crippen MR) is 69.0 cm³/mol. The second-order valence-corrected chi connectivity index (χ2v) is 6.33. The van der Waals surface area contributed by atoms with Crippen LogP contribution < -0.4 is 10.0 Å². The molecular formula is C11H26N2O2S. The molecule has 98 valence electrons. The maximum absolute atomic E-state index is 11.7. The van der Waals surface area contributed by atoms with Gasteiger partial charge in [-0.1, -0.05) is 27.2 Å². The average molecular weight is 250 g/mol. The van der Waals surface area contributed by atoms with Gasteiger partial charge in [0.2, 0.25) is 10.0 Å². The molecule has 5 heteroatoms. The van der Waals surface area contributed by atoms with Crippen molar-refractivity contribution in [3.05, 3.63) is 0 Å². The van der Waals surface area contributed by atoms with Crippen LogP contribution in [0.25, 0.3) is 0 Å². The van der Waals surface area contributed by atoms with Gasteiger partial charge >= 0.3 is 0 Å². The Morgan fingerprint density at radius 3 is 2.31 bits per heavy atom. The first-order valence-corrected chi connectivity index (χ1v) is 7.77. The number of sulfonamides is 1. The van der Waals surface area contributed by atoms with Crippen molar-refractivity contribution in [2.45, 2.75) is 46.6 Å². The monoisotopic (exact) mass is 250 g/mol. The summed E-state index contributed by atoms with van der Waals surface area (Å²) in [5, 5.41) is 3.17. The molecule has 16 heavy (non-hydrogen) atoms. The summed E-state index contributed by atoms with van der Waals surface area (Å²) in [5.41, 5.74) is 0. The fraction of sp³-hybridized carbons (Fsp3) is 1.00. The minimum atomic E-state index is -3.11. The quantitative estimate of drug-likeness (QED) is 0.649. The molecule has 0 fully saturated rings. The Hall–Kier alpha value is -0.130. The molecule has 0 spiro atoms. The van der Waals surface area contributed by atoms with E-state index in [9.17, 15) is 8.42 Å². The highest BCUT2D eigenvalue weighted by molar-refractivity contribution is 7.89. The molecule has 0 saturated carbocycles. The zero-order chi connectivity index (χ0) is 12.6. The summed E-state index contributed by atoms with van der Waals surface area (Å²) in [4.78, 5) is 0. The fourth-order valence-corrected chi connectivity index (χ4v) is 3.22. The highest BCUT2D eigenvalue weighted by atomic mass is 32.2. The number of likely N-dealkylation sites (N-methyl/N-ethyl adjacent to an activating group) is 1. The van der Waals surface area contributed by atoms with Gasteiger partial charge in [-0.15, -0.1) is 0 Å². The second-order valence-electron chi connectivity index (χ2n) is 4.48. The second kappa shape index (κ2) is 8.03. The van der Waals surface area contributed by atoms with Gasteiger partial charge in [-0.05, 0) is 25.8 Å². The minimum Gasteiger partial charge on any atom is -0.313 e.